The maximum atomic E-state index is 11.7. The third-order valence-electron chi connectivity index (χ3n) is 3.38. The van der Waals surface area contributed by atoms with E-state index in [1.807, 2.05) is 12.1 Å². The summed E-state index contributed by atoms with van der Waals surface area (Å²) in [6.45, 7) is 3.09. The molecule has 1 fully saturated rings. The van der Waals surface area contributed by atoms with E-state index in [-0.39, 0.29) is 17.9 Å². The molecular weight excluding hydrogens is 202 g/mol. The summed E-state index contributed by atoms with van der Waals surface area (Å²) in [5.41, 5.74) is 2.51. The highest BCUT2D eigenvalue weighted by atomic mass is 16.5. The summed E-state index contributed by atoms with van der Waals surface area (Å²) in [5.74, 6) is -0.0758. The molecule has 0 aliphatic carbocycles. The first kappa shape index (κ1) is 11.1. The lowest BCUT2D eigenvalue weighted by atomic mass is 9.91. The number of carbonyl (C=O) groups is 1. The van der Waals surface area contributed by atoms with Crippen LogP contribution in [0, 0.1) is 12.8 Å². The van der Waals surface area contributed by atoms with Crippen LogP contribution in [0.4, 0.5) is 0 Å². The minimum absolute atomic E-state index is 0.00565. The Bertz CT molecular complexity index is 389. The van der Waals surface area contributed by atoms with Gasteiger partial charge in [-0.3, -0.25) is 4.79 Å². The minimum Gasteiger partial charge on any atom is -0.469 e. The average Bonchev–Trinajstić information content (AvgIpc) is 2.77. The Morgan fingerprint density at radius 1 is 1.44 bits per heavy atom. The molecule has 2 atom stereocenters. The number of aryl methyl sites for hydroxylation is 1. The molecule has 1 aromatic carbocycles. The number of nitrogens with two attached hydrogens (primary N) is 1. The van der Waals surface area contributed by atoms with Crippen molar-refractivity contribution in [3.05, 3.63) is 35.4 Å². The molecule has 0 aromatic heterocycles. The largest absolute Gasteiger partial charge is 0.469 e. The van der Waals surface area contributed by atoms with Gasteiger partial charge in [-0.15, -0.1) is 0 Å². The van der Waals surface area contributed by atoms with Gasteiger partial charge in [0.1, 0.15) is 12.0 Å². The molecular formula is C13H18NO2+. The fraction of sp³-hybridized carbons (Fsp3) is 0.462. The van der Waals surface area contributed by atoms with Crippen molar-refractivity contribution in [2.75, 3.05) is 13.7 Å². The number of quaternary nitrogens is 1. The van der Waals surface area contributed by atoms with Gasteiger partial charge in [0.15, 0.2) is 0 Å². The van der Waals surface area contributed by atoms with E-state index in [2.05, 4.69) is 24.4 Å². The summed E-state index contributed by atoms with van der Waals surface area (Å²) >= 11 is 0. The summed E-state index contributed by atoms with van der Waals surface area (Å²) in [7, 11) is 1.47. The Morgan fingerprint density at radius 2 is 2.19 bits per heavy atom. The Morgan fingerprint density at radius 3 is 2.88 bits per heavy atom. The van der Waals surface area contributed by atoms with Crippen LogP contribution in [0.5, 0.6) is 0 Å². The summed E-state index contributed by atoms with van der Waals surface area (Å²) in [6, 6.07) is 8.49. The maximum absolute atomic E-state index is 11.7. The van der Waals surface area contributed by atoms with Gasteiger partial charge in [0, 0.05) is 12.0 Å². The fourth-order valence-electron chi connectivity index (χ4n) is 2.52. The SMILES string of the molecule is COC(=O)[C@H]1CC[NH2+][C@H]1c1ccccc1C. The molecule has 2 N–H and O–H groups in total. The van der Waals surface area contributed by atoms with Crippen LogP contribution < -0.4 is 5.32 Å². The average molecular weight is 220 g/mol. The summed E-state index contributed by atoms with van der Waals surface area (Å²) in [5, 5.41) is 2.24. The molecule has 0 saturated carbocycles. The van der Waals surface area contributed by atoms with Gasteiger partial charge in [0.25, 0.3) is 0 Å². The van der Waals surface area contributed by atoms with Crippen LogP contribution in [0.3, 0.4) is 0 Å². The quantitative estimate of drug-likeness (QED) is 0.749. The molecule has 3 nitrogen and oxygen atoms in total. The Balaban J connectivity index is 2.27. The van der Waals surface area contributed by atoms with E-state index in [4.69, 9.17) is 4.74 Å². The van der Waals surface area contributed by atoms with E-state index in [0.29, 0.717) is 0 Å². The molecule has 0 unspecified atom stereocenters. The van der Waals surface area contributed by atoms with E-state index in [9.17, 15) is 4.79 Å². The van der Waals surface area contributed by atoms with Gasteiger partial charge in [0.2, 0.25) is 0 Å². The van der Waals surface area contributed by atoms with E-state index in [1.54, 1.807) is 0 Å². The molecule has 86 valence electrons. The predicted molar refractivity (Wildman–Crippen MR) is 60.8 cm³/mol. The van der Waals surface area contributed by atoms with Crippen LogP contribution in [0.1, 0.15) is 23.6 Å². The number of benzene rings is 1. The lowest BCUT2D eigenvalue weighted by Gasteiger charge is -2.16. The number of rotatable bonds is 2. The number of ether oxygens (including phenoxy) is 1. The van der Waals surface area contributed by atoms with Gasteiger partial charge in [-0.2, -0.15) is 0 Å². The summed E-state index contributed by atoms with van der Waals surface area (Å²) in [4.78, 5) is 11.7. The number of carbonyl (C=O) groups excluding carboxylic acids is 1. The van der Waals surface area contributed by atoms with Crippen LogP contribution in [0.25, 0.3) is 0 Å². The van der Waals surface area contributed by atoms with Gasteiger partial charge in [0.05, 0.1) is 13.7 Å². The summed E-state index contributed by atoms with van der Waals surface area (Å²) in [6.07, 6.45) is 0.908. The van der Waals surface area contributed by atoms with Crippen molar-refractivity contribution >= 4 is 5.97 Å². The highest BCUT2D eigenvalue weighted by molar-refractivity contribution is 5.73. The Labute approximate surface area is 95.8 Å². The van der Waals surface area contributed by atoms with Gasteiger partial charge in [-0.25, -0.2) is 0 Å². The highest BCUT2D eigenvalue weighted by Gasteiger charge is 2.38. The van der Waals surface area contributed by atoms with Crippen LogP contribution in [-0.4, -0.2) is 19.6 Å². The molecule has 0 bridgehead atoms. The smallest absolute Gasteiger partial charge is 0.315 e. The predicted octanol–water partition coefficient (Wildman–Crippen LogP) is 0.792. The second kappa shape index (κ2) is 4.66. The third kappa shape index (κ3) is 1.95. The van der Waals surface area contributed by atoms with Gasteiger partial charge >= 0.3 is 5.97 Å². The van der Waals surface area contributed by atoms with Gasteiger partial charge < -0.3 is 10.1 Å². The first-order valence-electron chi connectivity index (χ1n) is 5.70. The second-order valence-electron chi connectivity index (χ2n) is 4.33. The Hall–Kier alpha value is -1.35. The molecule has 1 aromatic rings. The van der Waals surface area contributed by atoms with Crippen LogP contribution in [0.15, 0.2) is 24.3 Å². The first-order valence-corrected chi connectivity index (χ1v) is 5.70. The van der Waals surface area contributed by atoms with E-state index in [1.165, 1.54) is 18.2 Å². The van der Waals surface area contributed by atoms with Crippen molar-refractivity contribution in [3.63, 3.8) is 0 Å². The fourth-order valence-corrected chi connectivity index (χ4v) is 2.52. The van der Waals surface area contributed by atoms with Crippen molar-refractivity contribution < 1.29 is 14.8 Å². The monoisotopic (exact) mass is 220 g/mol. The molecule has 16 heavy (non-hydrogen) atoms. The zero-order valence-electron chi connectivity index (χ0n) is 9.77. The number of hydrogen-bond acceptors (Lipinski definition) is 2. The molecule has 0 amide bonds. The minimum atomic E-state index is -0.0815. The molecule has 2 rings (SSSR count). The van der Waals surface area contributed by atoms with E-state index < -0.39 is 0 Å². The molecule has 3 heteroatoms. The van der Waals surface area contributed by atoms with Crippen molar-refractivity contribution in [1.29, 1.82) is 0 Å². The zero-order valence-corrected chi connectivity index (χ0v) is 9.77. The molecule has 1 aliphatic rings. The molecule has 1 heterocycles. The summed E-state index contributed by atoms with van der Waals surface area (Å²) < 4.78 is 4.87. The molecule has 1 saturated heterocycles. The molecule has 0 spiro atoms. The maximum Gasteiger partial charge on any atom is 0.315 e. The lowest BCUT2D eigenvalue weighted by molar-refractivity contribution is -0.678. The van der Waals surface area contributed by atoms with Crippen molar-refractivity contribution in [2.45, 2.75) is 19.4 Å². The standard InChI is InChI=1S/C13H17NO2/c1-9-5-3-4-6-10(9)12-11(7-8-14-12)13(15)16-2/h3-6,11-12,14H,7-8H2,1-2H3/p+1/t11-,12-/m0/s1. The number of methoxy groups -OCH3 is 1. The van der Waals surface area contributed by atoms with Gasteiger partial charge in [-0.1, -0.05) is 24.3 Å². The van der Waals surface area contributed by atoms with Crippen LogP contribution in [0.2, 0.25) is 0 Å². The molecule has 1 aliphatic heterocycles. The molecule has 0 radical (unpaired) electrons. The third-order valence-corrected chi connectivity index (χ3v) is 3.38. The topological polar surface area (TPSA) is 42.9 Å². The van der Waals surface area contributed by atoms with Gasteiger partial charge in [-0.05, 0) is 12.5 Å². The van der Waals surface area contributed by atoms with Crippen LogP contribution >= 0.6 is 0 Å². The van der Waals surface area contributed by atoms with E-state index >= 15 is 0 Å². The zero-order chi connectivity index (χ0) is 11.5. The van der Waals surface area contributed by atoms with Crippen molar-refractivity contribution in [1.82, 2.24) is 0 Å². The van der Waals surface area contributed by atoms with E-state index in [0.717, 1.165) is 13.0 Å². The van der Waals surface area contributed by atoms with Crippen LogP contribution in [-0.2, 0) is 9.53 Å². The first-order chi connectivity index (χ1) is 7.74. The number of esters is 1. The number of hydrogen-bond donors (Lipinski definition) is 1. The van der Waals surface area contributed by atoms with Crippen molar-refractivity contribution in [3.8, 4) is 0 Å². The normalized spacial score (nSPS) is 24.4. The lowest BCUT2D eigenvalue weighted by Crippen LogP contribution is -2.82. The Kier molecular flexibility index (Phi) is 3.25. The van der Waals surface area contributed by atoms with Crippen molar-refractivity contribution in [2.24, 2.45) is 5.92 Å². The highest BCUT2D eigenvalue weighted by Crippen LogP contribution is 2.27. The second-order valence-corrected chi connectivity index (χ2v) is 4.33.